The average Bonchev–Trinajstić information content (AvgIpc) is 3.00. The minimum absolute atomic E-state index is 0.0739. The Bertz CT molecular complexity index is 713. The Morgan fingerprint density at radius 2 is 1.96 bits per heavy atom. The van der Waals surface area contributed by atoms with Gasteiger partial charge in [0.15, 0.2) is 0 Å². The Hall–Kier alpha value is -1.63. The fourth-order valence-electron chi connectivity index (χ4n) is 3.19. The largest absolute Gasteiger partial charge is 0.348 e. The van der Waals surface area contributed by atoms with Crippen LogP contribution < -0.4 is 5.32 Å². The monoisotopic (exact) mass is 393 g/mol. The van der Waals surface area contributed by atoms with Gasteiger partial charge in [-0.05, 0) is 48.7 Å². The number of aryl methyl sites for hydroxylation is 1. The van der Waals surface area contributed by atoms with E-state index in [1.54, 1.807) is 10.7 Å². The second-order valence-corrected chi connectivity index (χ2v) is 7.32. The van der Waals surface area contributed by atoms with Crippen LogP contribution in [0.4, 0.5) is 0 Å². The molecule has 2 heterocycles. The molecule has 1 fully saturated rings. The summed E-state index contributed by atoms with van der Waals surface area (Å²) < 4.78 is 4.63. The van der Waals surface area contributed by atoms with Crippen LogP contribution in [-0.4, -0.2) is 31.5 Å². The first-order valence-electron chi connectivity index (χ1n) is 8.58. The number of halogens is 1. The SMILES string of the molecule is Cc1nn(Cn2ccc(C(=O)NC3CCCCCC3)n2)c(C)c1Br. The molecule has 0 bridgehead atoms. The molecule has 6 nitrogen and oxygen atoms in total. The molecular formula is C17H24BrN5O. The molecule has 1 aliphatic rings. The Labute approximate surface area is 150 Å². The van der Waals surface area contributed by atoms with Crippen LogP contribution in [0.15, 0.2) is 16.7 Å². The number of rotatable bonds is 4. The third kappa shape index (κ3) is 3.88. The van der Waals surface area contributed by atoms with E-state index < -0.39 is 0 Å². The van der Waals surface area contributed by atoms with E-state index >= 15 is 0 Å². The van der Waals surface area contributed by atoms with Crippen LogP contribution in [0.5, 0.6) is 0 Å². The molecule has 0 radical (unpaired) electrons. The highest BCUT2D eigenvalue weighted by Gasteiger charge is 2.17. The molecule has 3 rings (SSSR count). The van der Waals surface area contributed by atoms with Gasteiger partial charge in [0.25, 0.3) is 5.91 Å². The van der Waals surface area contributed by atoms with Crippen LogP contribution in [0.2, 0.25) is 0 Å². The molecule has 2 aromatic heterocycles. The maximum Gasteiger partial charge on any atom is 0.271 e. The van der Waals surface area contributed by atoms with Crippen molar-refractivity contribution in [2.45, 2.75) is 65.1 Å². The van der Waals surface area contributed by atoms with E-state index in [0.717, 1.165) is 28.7 Å². The standard InChI is InChI=1S/C17H24BrN5O/c1-12-16(18)13(2)23(20-12)11-22-10-9-15(21-22)17(24)19-14-7-5-3-4-6-8-14/h9-10,14H,3-8,11H2,1-2H3,(H,19,24). The molecular weight excluding hydrogens is 370 g/mol. The third-order valence-electron chi connectivity index (χ3n) is 4.64. The van der Waals surface area contributed by atoms with Crippen molar-refractivity contribution >= 4 is 21.8 Å². The van der Waals surface area contributed by atoms with Gasteiger partial charge < -0.3 is 5.32 Å². The van der Waals surface area contributed by atoms with E-state index in [1.807, 2.05) is 24.7 Å². The van der Waals surface area contributed by atoms with E-state index in [9.17, 15) is 4.79 Å². The van der Waals surface area contributed by atoms with Gasteiger partial charge in [-0.2, -0.15) is 10.2 Å². The Kier molecular flexibility index (Phi) is 5.38. The van der Waals surface area contributed by atoms with Gasteiger partial charge in [-0.15, -0.1) is 0 Å². The van der Waals surface area contributed by atoms with Crippen molar-refractivity contribution in [2.75, 3.05) is 0 Å². The van der Waals surface area contributed by atoms with Crippen LogP contribution in [0.3, 0.4) is 0 Å². The highest BCUT2D eigenvalue weighted by molar-refractivity contribution is 9.10. The molecule has 2 aromatic rings. The average molecular weight is 394 g/mol. The summed E-state index contributed by atoms with van der Waals surface area (Å²) in [5.41, 5.74) is 2.47. The number of hydrogen-bond acceptors (Lipinski definition) is 3. The molecule has 1 amide bonds. The summed E-state index contributed by atoms with van der Waals surface area (Å²) in [7, 11) is 0. The zero-order valence-corrected chi connectivity index (χ0v) is 15.8. The van der Waals surface area contributed by atoms with E-state index in [1.165, 1.54) is 25.7 Å². The van der Waals surface area contributed by atoms with Crippen molar-refractivity contribution in [1.82, 2.24) is 24.9 Å². The van der Waals surface area contributed by atoms with Gasteiger partial charge in [-0.3, -0.25) is 9.48 Å². The minimum atomic E-state index is -0.0739. The minimum Gasteiger partial charge on any atom is -0.348 e. The highest BCUT2D eigenvalue weighted by atomic mass is 79.9. The van der Waals surface area contributed by atoms with Gasteiger partial charge in [-0.25, -0.2) is 4.68 Å². The summed E-state index contributed by atoms with van der Waals surface area (Å²) in [6.07, 6.45) is 8.93. The van der Waals surface area contributed by atoms with Crippen molar-refractivity contribution < 1.29 is 4.79 Å². The van der Waals surface area contributed by atoms with Crippen LogP contribution in [0.1, 0.15) is 60.4 Å². The maximum absolute atomic E-state index is 12.4. The summed E-state index contributed by atoms with van der Waals surface area (Å²) >= 11 is 3.53. The lowest BCUT2D eigenvalue weighted by molar-refractivity contribution is 0.0927. The molecule has 1 saturated carbocycles. The topological polar surface area (TPSA) is 64.7 Å². The molecule has 7 heteroatoms. The zero-order chi connectivity index (χ0) is 17.1. The van der Waals surface area contributed by atoms with E-state index in [2.05, 4.69) is 31.4 Å². The third-order valence-corrected chi connectivity index (χ3v) is 5.78. The quantitative estimate of drug-likeness (QED) is 0.809. The Morgan fingerprint density at radius 1 is 1.25 bits per heavy atom. The number of nitrogens with one attached hydrogen (secondary N) is 1. The van der Waals surface area contributed by atoms with Crippen LogP contribution in [0, 0.1) is 13.8 Å². The van der Waals surface area contributed by atoms with Crippen LogP contribution >= 0.6 is 15.9 Å². The molecule has 24 heavy (non-hydrogen) atoms. The first kappa shape index (κ1) is 17.2. The van der Waals surface area contributed by atoms with Crippen molar-refractivity contribution in [3.63, 3.8) is 0 Å². The number of hydrogen-bond donors (Lipinski definition) is 1. The van der Waals surface area contributed by atoms with Crippen LogP contribution in [0.25, 0.3) is 0 Å². The van der Waals surface area contributed by atoms with E-state index in [-0.39, 0.29) is 11.9 Å². The summed E-state index contributed by atoms with van der Waals surface area (Å²) in [6.45, 7) is 4.46. The molecule has 0 unspecified atom stereocenters. The molecule has 0 spiro atoms. The molecule has 0 saturated heterocycles. The summed E-state index contributed by atoms with van der Waals surface area (Å²) in [4.78, 5) is 12.4. The summed E-state index contributed by atoms with van der Waals surface area (Å²) in [5, 5.41) is 12.0. The highest BCUT2D eigenvalue weighted by Crippen LogP contribution is 2.20. The number of aromatic nitrogens is 4. The predicted molar refractivity (Wildman–Crippen MR) is 96.0 cm³/mol. The van der Waals surface area contributed by atoms with Gasteiger partial charge in [0.1, 0.15) is 12.4 Å². The molecule has 0 atom stereocenters. The molecule has 130 valence electrons. The summed E-state index contributed by atoms with van der Waals surface area (Å²) in [5.74, 6) is -0.0739. The lowest BCUT2D eigenvalue weighted by Crippen LogP contribution is -2.34. The lowest BCUT2D eigenvalue weighted by atomic mass is 10.1. The van der Waals surface area contributed by atoms with Crippen LogP contribution in [-0.2, 0) is 6.67 Å². The second-order valence-electron chi connectivity index (χ2n) is 6.53. The predicted octanol–water partition coefficient (Wildman–Crippen LogP) is 3.42. The van der Waals surface area contributed by atoms with Gasteiger partial charge >= 0.3 is 0 Å². The number of amides is 1. The summed E-state index contributed by atoms with van der Waals surface area (Å²) in [6, 6.07) is 2.06. The van der Waals surface area contributed by atoms with Gasteiger partial charge in [-0.1, -0.05) is 25.7 Å². The Balaban J connectivity index is 1.64. The lowest BCUT2D eigenvalue weighted by Gasteiger charge is -2.15. The molecule has 1 N–H and O–H groups in total. The first-order valence-corrected chi connectivity index (χ1v) is 9.37. The van der Waals surface area contributed by atoms with E-state index in [4.69, 9.17) is 0 Å². The maximum atomic E-state index is 12.4. The van der Waals surface area contributed by atoms with E-state index in [0.29, 0.717) is 12.4 Å². The van der Waals surface area contributed by atoms with Gasteiger partial charge in [0.2, 0.25) is 0 Å². The van der Waals surface area contributed by atoms with Crippen molar-refractivity contribution in [3.8, 4) is 0 Å². The smallest absolute Gasteiger partial charge is 0.271 e. The normalized spacial score (nSPS) is 16.1. The van der Waals surface area contributed by atoms with Crippen molar-refractivity contribution in [2.24, 2.45) is 0 Å². The first-order chi connectivity index (χ1) is 11.5. The van der Waals surface area contributed by atoms with Crippen molar-refractivity contribution in [1.29, 1.82) is 0 Å². The zero-order valence-electron chi connectivity index (χ0n) is 14.3. The second kappa shape index (κ2) is 7.51. The number of carbonyl (C=O) groups is 1. The molecule has 0 aromatic carbocycles. The molecule has 0 aliphatic heterocycles. The molecule has 1 aliphatic carbocycles. The number of carbonyl (C=O) groups excluding carboxylic acids is 1. The van der Waals surface area contributed by atoms with Crippen molar-refractivity contribution in [3.05, 3.63) is 33.8 Å². The van der Waals surface area contributed by atoms with Gasteiger partial charge in [0.05, 0.1) is 15.9 Å². The Morgan fingerprint density at radius 3 is 2.58 bits per heavy atom. The van der Waals surface area contributed by atoms with Gasteiger partial charge in [0, 0.05) is 12.2 Å². The fourth-order valence-corrected chi connectivity index (χ4v) is 3.48. The number of nitrogens with zero attached hydrogens (tertiary/aromatic N) is 4. The fraction of sp³-hybridized carbons (Fsp3) is 0.588.